The second-order valence-corrected chi connectivity index (χ2v) is 28.6. The molecule has 5 amide bonds. The van der Waals surface area contributed by atoms with Gasteiger partial charge in [-0.25, -0.2) is 14.4 Å². The van der Waals surface area contributed by atoms with Crippen LogP contribution in [0, 0.1) is 29.6 Å². The number of ether oxygens (including phenoxy) is 12. The molecule has 3 fully saturated rings. The second kappa shape index (κ2) is 35.5. The van der Waals surface area contributed by atoms with E-state index in [-0.39, 0.29) is 137 Å². The molecule has 0 aliphatic carbocycles. The summed E-state index contributed by atoms with van der Waals surface area (Å²) in [7, 11) is 3.12. The van der Waals surface area contributed by atoms with E-state index in [1.807, 2.05) is 6.92 Å². The number of esters is 6. The molecule has 7 heterocycles. The smallest absolute Gasteiger partial charge is 0.363 e. The monoisotopic (exact) mass is 1560 g/mol. The van der Waals surface area contributed by atoms with Gasteiger partial charge in [-0.05, 0) is 85.1 Å². The second-order valence-electron chi connectivity index (χ2n) is 28.6. The van der Waals surface area contributed by atoms with Crippen molar-refractivity contribution in [2.45, 2.75) is 137 Å². The standard InChI is InChI=1S/C39H42N2O11.C33H27NO11.C9H18N2O4.CH4/c1-20(2)36(44)48-24-8-11-28-30(17-24)50-31-18-25(49-37(45)21(3)4)9-12-29(31)39(28)27-10-7-23(16-26(27)38(46)52-39)34(42)40-13-14-41-35(43)32-15-22(5)33(51-32)19-47-6;1-16(2)29(37)41-19-6-9-23-25(14-19)43-26-15-20(42-30(38)17(3)4)7-10-24(26)33(23)22-8-5-18(13-21(22)32(40)44-33)31(39)45-34-27(35)11-12-28(34)36;1-14-5-8-6(12)4-7(15-8)9(13)11-3-2-10;/h7-12,16-18,20-22,32-33H,13-15,19H2,1-6H3,(H,40,42)(H,41,43);5-10,13-17H,11-12H2,1-4H3;6-8,12H,2-5,10H2,1H3,(H,11,13);1H4/t22-,32-,33?;;6-,7-,8?;/m1.1./s1. The highest BCUT2D eigenvalue weighted by atomic mass is 16.7. The maximum Gasteiger partial charge on any atom is 0.363 e. The molecule has 6 N–H and O–H groups in total. The van der Waals surface area contributed by atoms with E-state index in [1.54, 1.807) is 123 Å². The van der Waals surface area contributed by atoms with E-state index in [9.17, 15) is 62.6 Å². The van der Waals surface area contributed by atoms with Crippen LogP contribution >= 0.6 is 0 Å². The third kappa shape index (κ3) is 17.7. The van der Waals surface area contributed by atoms with Gasteiger partial charge in [-0.15, -0.1) is 5.06 Å². The van der Waals surface area contributed by atoms with Gasteiger partial charge in [0.1, 0.15) is 64.3 Å². The van der Waals surface area contributed by atoms with Gasteiger partial charge in [0.2, 0.25) is 11.8 Å². The van der Waals surface area contributed by atoms with Gasteiger partial charge in [-0.3, -0.25) is 43.2 Å². The third-order valence-corrected chi connectivity index (χ3v) is 19.1. The number of carbonyl (C=O) groups excluding carboxylic acids is 12. The van der Waals surface area contributed by atoms with Crippen molar-refractivity contribution in [1.82, 2.24) is 21.0 Å². The van der Waals surface area contributed by atoms with Crippen molar-refractivity contribution < 1.29 is 124 Å². The number of aliphatic hydroxyl groups excluding tert-OH is 1. The summed E-state index contributed by atoms with van der Waals surface area (Å²) in [6, 6.07) is 27.8. The fourth-order valence-corrected chi connectivity index (χ4v) is 13.2. The summed E-state index contributed by atoms with van der Waals surface area (Å²) in [5.41, 5.74) is 5.07. The van der Waals surface area contributed by atoms with Crippen LogP contribution in [0.3, 0.4) is 0 Å². The molecule has 7 aliphatic rings. The Morgan fingerprint density at radius 1 is 0.496 bits per heavy atom. The number of hydroxylamine groups is 2. The molecule has 600 valence electrons. The zero-order valence-electron chi connectivity index (χ0n) is 63.4. The molecule has 31 heteroatoms. The van der Waals surface area contributed by atoms with Gasteiger partial charge < -0.3 is 88.5 Å². The van der Waals surface area contributed by atoms with Gasteiger partial charge >= 0.3 is 41.8 Å². The molecule has 3 saturated heterocycles. The number of nitrogens with one attached hydrogen (secondary N) is 3. The molecule has 2 unspecified atom stereocenters. The molecule has 0 bridgehead atoms. The lowest BCUT2D eigenvalue weighted by Crippen LogP contribution is -2.40. The number of rotatable bonds is 22. The van der Waals surface area contributed by atoms with Crippen molar-refractivity contribution in [2.75, 3.05) is 53.6 Å². The van der Waals surface area contributed by atoms with Gasteiger partial charge in [0.15, 0.2) is 11.2 Å². The number of nitrogens with two attached hydrogens (primary N) is 1. The Morgan fingerprint density at radius 2 is 0.858 bits per heavy atom. The largest absolute Gasteiger partial charge is 0.456 e. The normalized spacial score (nSPS) is 19.2. The van der Waals surface area contributed by atoms with E-state index in [1.165, 1.54) is 55.6 Å². The Kier molecular flexibility index (Phi) is 26.4. The van der Waals surface area contributed by atoms with Crippen LogP contribution in [0.15, 0.2) is 109 Å². The Balaban J connectivity index is 0.000000202. The van der Waals surface area contributed by atoms with Crippen LogP contribution in [0.5, 0.6) is 46.0 Å². The first-order chi connectivity index (χ1) is 53.4. The van der Waals surface area contributed by atoms with E-state index in [0.29, 0.717) is 77.6 Å². The molecule has 113 heavy (non-hydrogen) atoms. The maximum absolute atomic E-state index is 13.7. The highest BCUT2D eigenvalue weighted by Gasteiger charge is 2.56. The number of hydrogen-bond donors (Lipinski definition) is 5. The predicted molar refractivity (Wildman–Crippen MR) is 397 cm³/mol. The molecule has 6 aromatic carbocycles. The van der Waals surface area contributed by atoms with Crippen LogP contribution in [0.2, 0.25) is 0 Å². The highest BCUT2D eigenvalue weighted by molar-refractivity contribution is 6.05. The van der Waals surface area contributed by atoms with Crippen LogP contribution in [0.4, 0.5) is 0 Å². The Hall–Kier alpha value is -11.5. The number of hydrogen-bond acceptors (Lipinski definition) is 27. The van der Waals surface area contributed by atoms with Crippen molar-refractivity contribution in [1.29, 1.82) is 0 Å². The van der Waals surface area contributed by atoms with Gasteiger partial charge in [-0.1, -0.05) is 81.9 Å². The minimum Gasteiger partial charge on any atom is -0.456 e. The molecule has 0 aromatic heterocycles. The van der Waals surface area contributed by atoms with Gasteiger partial charge in [0.05, 0.1) is 65.8 Å². The lowest BCUT2D eigenvalue weighted by molar-refractivity contribution is -0.172. The van der Waals surface area contributed by atoms with E-state index in [2.05, 4.69) is 16.0 Å². The van der Waals surface area contributed by atoms with Crippen LogP contribution in [0.1, 0.15) is 170 Å². The molecule has 6 aromatic rings. The van der Waals surface area contributed by atoms with Crippen molar-refractivity contribution in [3.05, 3.63) is 165 Å². The first kappa shape index (κ1) is 84.0. The average molecular weight is 1560 g/mol. The minimum atomic E-state index is -1.57. The highest BCUT2D eigenvalue weighted by Crippen LogP contribution is 2.59. The van der Waals surface area contributed by atoms with E-state index >= 15 is 0 Å². The molecule has 13 rings (SSSR count). The molecular weight excluding hydrogens is 1470 g/mol. The average Bonchev–Trinajstić information content (AvgIpc) is 1.60. The fourth-order valence-electron chi connectivity index (χ4n) is 13.2. The molecule has 7 aliphatic heterocycles. The van der Waals surface area contributed by atoms with E-state index < -0.39 is 107 Å². The molecule has 0 saturated carbocycles. The molecular formula is C82H91N5O26. The quantitative estimate of drug-likeness (QED) is 0.0185. The van der Waals surface area contributed by atoms with Crippen LogP contribution in [-0.2, 0) is 82.8 Å². The SMILES string of the molecule is C.CC(C)C(=O)Oc1ccc2c(c1)Oc1cc(OC(=O)C(C)C)ccc1C21OC(=O)c2cc(C(=O)ON3C(=O)CCC3=O)ccc21.COCC1O[C@@H](C(=O)NCCN)C[C@H]1O.COCC1O[C@@H](C(=O)NCCNC(=O)c2ccc3c(c2)C(=O)OC32c3ccc(OC(=O)C(C)C)cc3Oc3cc(OC(=O)C(C)C)ccc32)C[C@H]1C. The van der Waals surface area contributed by atoms with Crippen LogP contribution in [-0.4, -0.2) is 166 Å². The van der Waals surface area contributed by atoms with Crippen molar-refractivity contribution >= 4 is 71.3 Å². The summed E-state index contributed by atoms with van der Waals surface area (Å²) < 4.78 is 68.1. The minimum absolute atomic E-state index is 0. The Bertz CT molecular complexity index is 4560. The van der Waals surface area contributed by atoms with Crippen molar-refractivity contribution in [3.63, 3.8) is 0 Å². The Morgan fingerprint density at radius 3 is 1.27 bits per heavy atom. The number of amides is 5. The summed E-state index contributed by atoms with van der Waals surface area (Å²) in [5, 5.41) is 18.2. The molecule has 2 spiro atoms. The number of benzene rings is 6. The summed E-state index contributed by atoms with van der Waals surface area (Å²) in [5.74, 6) is -6.01. The number of aliphatic hydroxyl groups is 1. The van der Waals surface area contributed by atoms with Gasteiger partial charge in [0.25, 0.3) is 17.7 Å². The predicted octanol–water partition coefficient (Wildman–Crippen LogP) is 8.12. The van der Waals surface area contributed by atoms with Crippen molar-refractivity contribution in [3.8, 4) is 46.0 Å². The van der Waals surface area contributed by atoms with Crippen LogP contribution < -0.4 is 50.1 Å². The summed E-state index contributed by atoms with van der Waals surface area (Å²) >= 11 is 0. The molecule has 0 radical (unpaired) electrons. The summed E-state index contributed by atoms with van der Waals surface area (Å²) in [6.07, 6.45) is -1.61. The number of methoxy groups -OCH3 is 2. The lowest BCUT2D eigenvalue weighted by Gasteiger charge is -2.36. The number of fused-ring (bicyclic) bond motifs is 12. The number of carbonyl (C=O) groups is 12. The van der Waals surface area contributed by atoms with Gasteiger partial charge in [0, 0.05) is 123 Å². The van der Waals surface area contributed by atoms with Crippen molar-refractivity contribution in [2.24, 2.45) is 35.3 Å². The zero-order valence-corrected chi connectivity index (χ0v) is 63.4. The van der Waals surface area contributed by atoms with E-state index in [4.69, 9.17) is 67.4 Å². The molecule has 31 nitrogen and oxygen atoms in total. The first-order valence-corrected chi connectivity index (χ1v) is 36.5. The summed E-state index contributed by atoms with van der Waals surface area (Å²) in [4.78, 5) is 156. The topological polar surface area (TPSA) is 410 Å². The lowest BCUT2D eigenvalue weighted by atomic mass is 9.77. The fraction of sp³-hybridized carbons (Fsp3) is 0.415. The van der Waals surface area contributed by atoms with Gasteiger partial charge in [-0.2, -0.15) is 0 Å². The Labute approximate surface area is 650 Å². The maximum atomic E-state index is 13.7. The molecule has 6 atom stereocenters. The van der Waals surface area contributed by atoms with E-state index in [0.717, 1.165) is 0 Å². The third-order valence-electron chi connectivity index (χ3n) is 19.1. The van der Waals surface area contributed by atoms with Crippen LogP contribution in [0.25, 0.3) is 0 Å². The first-order valence-electron chi connectivity index (χ1n) is 36.5. The zero-order chi connectivity index (χ0) is 80.8. The number of nitrogens with zero attached hydrogens (tertiary/aromatic N) is 1. The summed E-state index contributed by atoms with van der Waals surface area (Å²) in [6.45, 7) is 17.5. The number of imide groups is 1.